The summed E-state index contributed by atoms with van der Waals surface area (Å²) in [4.78, 5) is 10.9. The minimum absolute atomic E-state index is 0.261. The van der Waals surface area contributed by atoms with E-state index in [0.717, 1.165) is 56.3 Å². The second kappa shape index (κ2) is 9.55. The maximum Gasteiger partial charge on any atom is 0.123 e. The van der Waals surface area contributed by atoms with Gasteiger partial charge in [0, 0.05) is 5.92 Å². The zero-order valence-electron chi connectivity index (χ0n) is 16.3. The number of carbonyl (C=O) groups is 1. The lowest BCUT2D eigenvalue weighted by Crippen LogP contribution is -2.20. The molecule has 2 heteroatoms. The van der Waals surface area contributed by atoms with Crippen LogP contribution in [-0.2, 0) is 11.2 Å². The predicted molar refractivity (Wildman–Crippen MR) is 113 cm³/mol. The van der Waals surface area contributed by atoms with Crippen molar-refractivity contribution in [2.75, 3.05) is 6.61 Å². The third kappa shape index (κ3) is 5.09. The SMILES string of the molecule is C=Cc1cc(OCC2CCC(C=O)CC2)ccc1-c1ccc(CCC)cc1. The van der Waals surface area contributed by atoms with Crippen LogP contribution in [0, 0.1) is 11.8 Å². The van der Waals surface area contributed by atoms with Crippen molar-refractivity contribution < 1.29 is 9.53 Å². The molecule has 2 aromatic rings. The van der Waals surface area contributed by atoms with Gasteiger partial charge in [-0.05, 0) is 72.4 Å². The fraction of sp³-hybridized carbons (Fsp3) is 0.400. The van der Waals surface area contributed by atoms with E-state index in [-0.39, 0.29) is 5.92 Å². The van der Waals surface area contributed by atoms with E-state index in [0.29, 0.717) is 5.92 Å². The molecule has 1 aliphatic carbocycles. The van der Waals surface area contributed by atoms with Crippen LogP contribution in [0.25, 0.3) is 17.2 Å². The monoisotopic (exact) mass is 362 g/mol. The number of ether oxygens (including phenoxy) is 1. The van der Waals surface area contributed by atoms with Gasteiger partial charge in [-0.2, -0.15) is 0 Å². The van der Waals surface area contributed by atoms with E-state index >= 15 is 0 Å². The number of carbonyl (C=O) groups excluding carboxylic acids is 1. The van der Waals surface area contributed by atoms with Crippen LogP contribution in [0.5, 0.6) is 5.75 Å². The molecule has 0 unspecified atom stereocenters. The van der Waals surface area contributed by atoms with Gasteiger partial charge in [0.25, 0.3) is 0 Å². The van der Waals surface area contributed by atoms with Gasteiger partial charge >= 0.3 is 0 Å². The average molecular weight is 363 g/mol. The number of aryl methyl sites for hydroxylation is 1. The van der Waals surface area contributed by atoms with E-state index in [2.05, 4.69) is 56.0 Å². The predicted octanol–water partition coefficient (Wildman–Crippen LogP) is 6.33. The average Bonchev–Trinajstić information content (AvgIpc) is 2.73. The summed E-state index contributed by atoms with van der Waals surface area (Å²) in [7, 11) is 0. The van der Waals surface area contributed by atoms with Gasteiger partial charge in [-0.1, -0.05) is 56.3 Å². The Morgan fingerprint density at radius 1 is 1.07 bits per heavy atom. The second-order valence-electron chi connectivity index (χ2n) is 7.63. The molecule has 0 saturated heterocycles. The molecule has 27 heavy (non-hydrogen) atoms. The molecule has 0 spiro atoms. The molecule has 0 amide bonds. The number of aldehydes is 1. The van der Waals surface area contributed by atoms with Crippen molar-refractivity contribution in [3.8, 4) is 16.9 Å². The summed E-state index contributed by atoms with van der Waals surface area (Å²) in [5, 5.41) is 0. The van der Waals surface area contributed by atoms with Crippen LogP contribution in [0.1, 0.15) is 50.2 Å². The molecule has 0 heterocycles. The van der Waals surface area contributed by atoms with Crippen LogP contribution >= 0.6 is 0 Å². The molecule has 0 aliphatic heterocycles. The first-order valence-corrected chi connectivity index (χ1v) is 10.2. The van der Waals surface area contributed by atoms with Gasteiger partial charge in [0.05, 0.1) is 6.61 Å². The zero-order chi connectivity index (χ0) is 19.1. The molecule has 142 valence electrons. The third-order valence-corrected chi connectivity index (χ3v) is 5.62. The summed E-state index contributed by atoms with van der Waals surface area (Å²) in [6.45, 7) is 6.92. The van der Waals surface area contributed by atoms with Crippen LogP contribution in [0.4, 0.5) is 0 Å². The maximum atomic E-state index is 10.9. The molecule has 0 radical (unpaired) electrons. The first-order chi connectivity index (χ1) is 13.2. The van der Waals surface area contributed by atoms with Crippen LogP contribution < -0.4 is 4.74 Å². The number of hydrogen-bond donors (Lipinski definition) is 0. The fourth-order valence-corrected chi connectivity index (χ4v) is 3.91. The topological polar surface area (TPSA) is 26.3 Å². The van der Waals surface area contributed by atoms with E-state index in [1.807, 2.05) is 6.08 Å². The summed E-state index contributed by atoms with van der Waals surface area (Å²) < 4.78 is 6.06. The van der Waals surface area contributed by atoms with Crippen molar-refractivity contribution in [2.45, 2.75) is 45.4 Å². The van der Waals surface area contributed by atoms with Gasteiger partial charge in [-0.3, -0.25) is 0 Å². The molecule has 1 fully saturated rings. The first kappa shape index (κ1) is 19.4. The Labute approximate surface area is 163 Å². The summed E-state index contributed by atoms with van der Waals surface area (Å²) in [5.74, 6) is 1.71. The Morgan fingerprint density at radius 2 is 1.81 bits per heavy atom. The third-order valence-electron chi connectivity index (χ3n) is 5.62. The van der Waals surface area contributed by atoms with Crippen LogP contribution in [0.15, 0.2) is 49.0 Å². The molecule has 0 atom stereocenters. The molecule has 3 rings (SSSR count). The minimum Gasteiger partial charge on any atom is -0.493 e. The normalized spacial score (nSPS) is 19.4. The van der Waals surface area contributed by atoms with E-state index < -0.39 is 0 Å². The van der Waals surface area contributed by atoms with Gasteiger partial charge in [-0.25, -0.2) is 0 Å². The molecule has 0 bridgehead atoms. The summed E-state index contributed by atoms with van der Waals surface area (Å²) in [6, 6.07) is 15.1. The van der Waals surface area contributed by atoms with Crippen molar-refractivity contribution in [3.63, 3.8) is 0 Å². The van der Waals surface area contributed by atoms with Gasteiger partial charge in [-0.15, -0.1) is 0 Å². The Balaban J connectivity index is 1.65. The summed E-state index contributed by atoms with van der Waals surface area (Å²) in [6.07, 6.45) is 9.47. The molecule has 2 aromatic carbocycles. The Kier molecular flexibility index (Phi) is 6.86. The largest absolute Gasteiger partial charge is 0.493 e. The van der Waals surface area contributed by atoms with Crippen molar-refractivity contribution in [2.24, 2.45) is 11.8 Å². The van der Waals surface area contributed by atoms with Crippen LogP contribution in [0.2, 0.25) is 0 Å². The van der Waals surface area contributed by atoms with Crippen LogP contribution in [0.3, 0.4) is 0 Å². The molecular weight excluding hydrogens is 332 g/mol. The number of rotatable bonds is 8. The van der Waals surface area contributed by atoms with Gasteiger partial charge in [0.15, 0.2) is 0 Å². The highest BCUT2D eigenvalue weighted by Gasteiger charge is 2.21. The standard InChI is InChI=1S/C25H30O2/c1-3-5-19-10-12-23(13-11-19)25-15-14-24(16-22(25)4-2)27-18-21-8-6-20(17-26)7-9-21/h4,10-17,20-21H,2-3,5-9,18H2,1H3. The second-order valence-corrected chi connectivity index (χ2v) is 7.63. The first-order valence-electron chi connectivity index (χ1n) is 10.2. The minimum atomic E-state index is 0.261. The number of benzene rings is 2. The van der Waals surface area contributed by atoms with Crippen molar-refractivity contribution >= 4 is 12.4 Å². The van der Waals surface area contributed by atoms with E-state index in [1.165, 1.54) is 23.1 Å². The summed E-state index contributed by atoms with van der Waals surface area (Å²) in [5.41, 5.74) is 4.88. The Morgan fingerprint density at radius 3 is 2.44 bits per heavy atom. The molecule has 1 aliphatic rings. The van der Waals surface area contributed by atoms with Crippen molar-refractivity contribution in [3.05, 3.63) is 60.2 Å². The highest BCUT2D eigenvalue weighted by Crippen LogP contribution is 2.31. The fourth-order valence-electron chi connectivity index (χ4n) is 3.91. The van der Waals surface area contributed by atoms with Crippen LogP contribution in [-0.4, -0.2) is 12.9 Å². The van der Waals surface area contributed by atoms with Crippen molar-refractivity contribution in [1.29, 1.82) is 0 Å². The highest BCUT2D eigenvalue weighted by molar-refractivity contribution is 5.75. The lowest BCUT2D eigenvalue weighted by molar-refractivity contribution is -0.112. The molecule has 0 aromatic heterocycles. The van der Waals surface area contributed by atoms with E-state index in [1.54, 1.807) is 0 Å². The maximum absolute atomic E-state index is 10.9. The molecule has 2 nitrogen and oxygen atoms in total. The molecule has 0 N–H and O–H groups in total. The lowest BCUT2D eigenvalue weighted by Gasteiger charge is -2.25. The molecular formula is C25H30O2. The number of hydrogen-bond acceptors (Lipinski definition) is 2. The van der Waals surface area contributed by atoms with E-state index in [4.69, 9.17) is 4.74 Å². The Hall–Kier alpha value is -2.35. The highest BCUT2D eigenvalue weighted by atomic mass is 16.5. The van der Waals surface area contributed by atoms with Gasteiger partial charge < -0.3 is 9.53 Å². The van der Waals surface area contributed by atoms with E-state index in [9.17, 15) is 4.79 Å². The Bertz CT molecular complexity index is 752. The zero-order valence-corrected chi connectivity index (χ0v) is 16.3. The lowest BCUT2D eigenvalue weighted by atomic mass is 9.83. The van der Waals surface area contributed by atoms with Crippen molar-refractivity contribution in [1.82, 2.24) is 0 Å². The quantitative estimate of drug-likeness (QED) is 0.513. The van der Waals surface area contributed by atoms with Gasteiger partial charge in [0.2, 0.25) is 0 Å². The smallest absolute Gasteiger partial charge is 0.123 e. The molecule has 1 saturated carbocycles. The van der Waals surface area contributed by atoms with Gasteiger partial charge in [0.1, 0.15) is 12.0 Å². The summed E-state index contributed by atoms with van der Waals surface area (Å²) >= 11 is 0.